The highest BCUT2D eigenvalue weighted by molar-refractivity contribution is 7.92. The normalized spacial score (nSPS) is 18.5. The predicted molar refractivity (Wildman–Crippen MR) is 139 cm³/mol. The van der Waals surface area contributed by atoms with E-state index in [0.29, 0.717) is 23.7 Å². The van der Waals surface area contributed by atoms with Gasteiger partial charge in [0.1, 0.15) is 11.5 Å². The molecule has 0 spiro atoms. The topological polar surface area (TPSA) is 117 Å². The van der Waals surface area contributed by atoms with E-state index < -0.39 is 10.0 Å². The lowest BCUT2D eigenvalue weighted by Crippen LogP contribution is -2.54. The van der Waals surface area contributed by atoms with Gasteiger partial charge in [-0.2, -0.15) is 4.98 Å². The monoisotopic (exact) mass is 492 g/mol. The van der Waals surface area contributed by atoms with E-state index in [9.17, 15) is 8.42 Å². The van der Waals surface area contributed by atoms with Gasteiger partial charge in [0.15, 0.2) is 0 Å². The highest BCUT2D eigenvalue weighted by Crippen LogP contribution is 2.23. The summed E-state index contributed by atoms with van der Waals surface area (Å²) in [5.41, 5.74) is 2.90. The summed E-state index contributed by atoms with van der Waals surface area (Å²) in [6.45, 7) is 6.21. The minimum atomic E-state index is -3.32. The third kappa shape index (κ3) is 5.36. The number of anilines is 4. The number of nitrogens with zero attached hydrogens (tertiary/aromatic N) is 5. The lowest BCUT2D eigenvalue weighted by molar-refractivity contribution is 0.405. The fourth-order valence-corrected chi connectivity index (χ4v) is 4.95. The predicted octanol–water partition coefficient (Wildman–Crippen LogP) is 3.12. The second kappa shape index (κ2) is 9.16. The largest absolute Gasteiger partial charge is 0.354 e. The zero-order valence-electron chi connectivity index (χ0n) is 19.8. The first-order valence-electron chi connectivity index (χ1n) is 11.4. The van der Waals surface area contributed by atoms with Crippen molar-refractivity contribution < 1.29 is 8.42 Å². The summed E-state index contributed by atoms with van der Waals surface area (Å²) in [5, 5.41) is 7.67. The van der Waals surface area contributed by atoms with Gasteiger partial charge >= 0.3 is 0 Å². The van der Waals surface area contributed by atoms with Gasteiger partial charge in [-0.05, 0) is 56.3 Å². The molecule has 1 fully saturated rings. The quantitative estimate of drug-likeness (QED) is 0.376. The fraction of sp³-hybridized carbons (Fsp3) is 0.292. The lowest BCUT2D eigenvalue weighted by Gasteiger charge is -2.36. The molecule has 35 heavy (non-hydrogen) atoms. The first-order valence-corrected chi connectivity index (χ1v) is 13.3. The Labute approximate surface area is 204 Å². The Hall–Kier alpha value is -3.70. The van der Waals surface area contributed by atoms with Crippen LogP contribution in [0.25, 0.3) is 16.7 Å². The Kier molecular flexibility index (Phi) is 6.03. The van der Waals surface area contributed by atoms with Crippen LogP contribution in [0.15, 0.2) is 61.1 Å². The molecular weight excluding hydrogens is 464 g/mol. The van der Waals surface area contributed by atoms with E-state index in [1.807, 2.05) is 41.1 Å². The van der Waals surface area contributed by atoms with Crippen LogP contribution in [-0.4, -0.2) is 59.4 Å². The van der Waals surface area contributed by atoms with Gasteiger partial charge in [-0.15, -0.1) is 0 Å². The molecule has 0 aliphatic carbocycles. The van der Waals surface area contributed by atoms with Gasteiger partial charge in [0.2, 0.25) is 16.0 Å². The SMILES string of the molecule is C[C@@H]1CN(c2ccc(Nc3ncc4ccn(-c5ccc(NS(C)(=O)=O)cc5)c4n3)cn2)C[C@H](C)N1. The van der Waals surface area contributed by atoms with Gasteiger partial charge in [-0.1, -0.05) is 0 Å². The van der Waals surface area contributed by atoms with Crippen LogP contribution in [0.5, 0.6) is 0 Å². The molecule has 0 saturated carbocycles. The zero-order chi connectivity index (χ0) is 24.6. The molecule has 5 rings (SSSR count). The Bertz CT molecular complexity index is 1420. The minimum absolute atomic E-state index is 0.418. The standard InChI is InChI=1S/C24H28N8O2S/c1-16-14-31(15-17(2)27-16)22-9-6-20(13-25-22)28-24-26-12-18-10-11-32(23(18)29-24)21-7-4-19(5-8-21)30-35(3,33)34/h4-13,16-17,27,30H,14-15H2,1-3H3,(H,26,28,29)/t16-,17+. The molecule has 3 aromatic heterocycles. The van der Waals surface area contributed by atoms with E-state index in [0.717, 1.165) is 47.6 Å². The van der Waals surface area contributed by atoms with E-state index in [1.54, 1.807) is 24.5 Å². The molecule has 0 bridgehead atoms. The van der Waals surface area contributed by atoms with Crippen molar-refractivity contribution in [2.75, 3.05) is 34.3 Å². The second-order valence-electron chi connectivity index (χ2n) is 8.98. The minimum Gasteiger partial charge on any atom is -0.354 e. The Balaban J connectivity index is 1.34. The van der Waals surface area contributed by atoms with Gasteiger partial charge in [0, 0.05) is 54.3 Å². The van der Waals surface area contributed by atoms with E-state index in [4.69, 9.17) is 4.98 Å². The Morgan fingerprint density at radius 2 is 1.66 bits per heavy atom. The summed E-state index contributed by atoms with van der Waals surface area (Å²) in [5.74, 6) is 1.42. The molecular formula is C24H28N8O2S. The zero-order valence-corrected chi connectivity index (χ0v) is 20.6. The molecule has 0 unspecified atom stereocenters. The number of aromatic nitrogens is 4. The van der Waals surface area contributed by atoms with Crippen molar-refractivity contribution in [3.05, 3.63) is 61.1 Å². The van der Waals surface area contributed by atoms with Crippen LogP contribution in [-0.2, 0) is 10.0 Å². The van der Waals surface area contributed by atoms with Gasteiger partial charge < -0.3 is 20.1 Å². The molecule has 1 aliphatic rings. The molecule has 10 nitrogen and oxygen atoms in total. The number of hydrogen-bond donors (Lipinski definition) is 3. The van der Waals surface area contributed by atoms with Crippen LogP contribution in [0.4, 0.5) is 23.1 Å². The number of fused-ring (bicyclic) bond motifs is 1. The van der Waals surface area contributed by atoms with E-state index in [1.165, 1.54) is 0 Å². The second-order valence-corrected chi connectivity index (χ2v) is 10.7. The van der Waals surface area contributed by atoms with Crippen molar-refractivity contribution in [2.24, 2.45) is 0 Å². The molecule has 0 radical (unpaired) electrons. The Morgan fingerprint density at radius 3 is 2.31 bits per heavy atom. The van der Waals surface area contributed by atoms with Crippen molar-refractivity contribution in [1.29, 1.82) is 0 Å². The van der Waals surface area contributed by atoms with Crippen LogP contribution in [0.2, 0.25) is 0 Å². The number of hydrogen-bond acceptors (Lipinski definition) is 8. The van der Waals surface area contributed by atoms with Gasteiger partial charge in [-0.25, -0.2) is 18.4 Å². The van der Waals surface area contributed by atoms with Crippen LogP contribution in [0.1, 0.15) is 13.8 Å². The molecule has 3 N–H and O–H groups in total. The molecule has 182 valence electrons. The maximum Gasteiger partial charge on any atom is 0.229 e. The van der Waals surface area contributed by atoms with E-state index >= 15 is 0 Å². The van der Waals surface area contributed by atoms with Crippen LogP contribution < -0.4 is 20.3 Å². The molecule has 1 aromatic carbocycles. The molecule has 1 saturated heterocycles. The summed E-state index contributed by atoms with van der Waals surface area (Å²) in [6, 6.07) is 13.9. The van der Waals surface area contributed by atoms with Crippen molar-refractivity contribution >= 4 is 44.2 Å². The van der Waals surface area contributed by atoms with Gasteiger partial charge in [0.25, 0.3) is 0 Å². The van der Waals surface area contributed by atoms with Crippen molar-refractivity contribution in [3.63, 3.8) is 0 Å². The first kappa shape index (κ1) is 23.1. The van der Waals surface area contributed by atoms with Gasteiger partial charge in [0.05, 0.1) is 18.1 Å². The number of rotatable bonds is 6. The highest BCUT2D eigenvalue weighted by atomic mass is 32.2. The summed E-state index contributed by atoms with van der Waals surface area (Å²) in [6.07, 6.45) is 6.60. The van der Waals surface area contributed by atoms with Crippen molar-refractivity contribution in [2.45, 2.75) is 25.9 Å². The van der Waals surface area contributed by atoms with E-state index in [-0.39, 0.29) is 0 Å². The summed E-state index contributed by atoms with van der Waals surface area (Å²) < 4.78 is 27.3. The summed E-state index contributed by atoms with van der Waals surface area (Å²) >= 11 is 0. The molecule has 2 atom stereocenters. The fourth-order valence-electron chi connectivity index (χ4n) is 4.38. The smallest absolute Gasteiger partial charge is 0.229 e. The summed E-state index contributed by atoms with van der Waals surface area (Å²) in [4.78, 5) is 16.1. The average molecular weight is 493 g/mol. The van der Waals surface area contributed by atoms with Crippen LogP contribution >= 0.6 is 0 Å². The third-order valence-electron chi connectivity index (χ3n) is 5.76. The summed E-state index contributed by atoms with van der Waals surface area (Å²) in [7, 11) is -3.32. The van der Waals surface area contributed by atoms with Crippen molar-refractivity contribution in [1.82, 2.24) is 24.8 Å². The van der Waals surface area contributed by atoms with Crippen molar-refractivity contribution in [3.8, 4) is 5.69 Å². The van der Waals surface area contributed by atoms with Gasteiger partial charge in [-0.3, -0.25) is 4.72 Å². The highest BCUT2D eigenvalue weighted by Gasteiger charge is 2.21. The maximum absolute atomic E-state index is 11.5. The molecule has 0 amide bonds. The van der Waals surface area contributed by atoms with Crippen LogP contribution in [0, 0.1) is 0 Å². The van der Waals surface area contributed by atoms with Crippen LogP contribution in [0.3, 0.4) is 0 Å². The van der Waals surface area contributed by atoms with E-state index in [2.05, 4.69) is 44.1 Å². The Morgan fingerprint density at radius 1 is 0.943 bits per heavy atom. The molecule has 4 heterocycles. The maximum atomic E-state index is 11.5. The number of pyridine rings is 1. The molecule has 1 aliphatic heterocycles. The average Bonchev–Trinajstić information content (AvgIpc) is 3.22. The number of nitrogens with one attached hydrogen (secondary N) is 3. The third-order valence-corrected chi connectivity index (χ3v) is 6.37. The number of sulfonamides is 1. The number of benzene rings is 1. The number of piperazine rings is 1. The molecule has 11 heteroatoms. The first-order chi connectivity index (χ1) is 16.7. The molecule has 4 aromatic rings. The lowest BCUT2D eigenvalue weighted by atomic mass is 10.1.